The number of hydrogen-bond donors (Lipinski definition) is 1. The van der Waals surface area contributed by atoms with E-state index in [1.165, 1.54) is 23.3 Å². The molecular weight excluding hydrogens is 358 g/mol. The molecule has 1 saturated heterocycles. The monoisotopic (exact) mass is 385 g/mol. The number of aromatic nitrogens is 1. The zero-order chi connectivity index (χ0) is 18.8. The highest BCUT2D eigenvalue weighted by molar-refractivity contribution is 7.10. The van der Waals surface area contributed by atoms with Gasteiger partial charge in [-0.25, -0.2) is 4.98 Å². The van der Waals surface area contributed by atoms with E-state index in [2.05, 4.69) is 35.1 Å². The van der Waals surface area contributed by atoms with Gasteiger partial charge in [0, 0.05) is 36.1 Å². The van der Waals surface area contributed by atoms with Gasteiger partial charge in [-0.15, -0.1) is 11.3 Å². The normalized spacial score (nSPS) is 22.4. The number of pyridine rings is 1. The van der Waals surface area contributed by atoms with Crippen molar-refractivity contribution in [3.05, 3.63) is 45.3 Å². The van der Waals surface area contributed by atoms with Gasteiger partial charge < -0.3 is 15.0 Å². The Kier molecular flexibility index (Phi) is 5.45. The predicted molar refractivity (Wildman–Crippen MR) is 109 cm³/mol. The molecule has 3 heterocycles. The minimum absolute atomic E-state index is 0.0364. The molecule has 1 aliphatic carbocycles. The van der Waals surface area contributed by atoms with Gasteiger partial charge in [-0.1, -0.05) is 6.07 Å². The lowest BCUT2D eigenvalue weighted by Crippen LogP contribution is -2.45. The standard InChI is InChI=1S/C21H27N3O2S/c1-14-11-24(12-15(2)26-14)20-8-7-16(9-22-20)10-23-21(25)18-13-27-19-6-4-3-5-17(18)19/h7-9,13-15H,3-6,10-12H2,1-2H3,(H,23,25)/t14-,15-/m0/s1. The van der Waals surface area contributed by atoms with Gasteiger partial charge in [0.15, 0.2) is 0 Å². The number of anilines is 1. The highest BCUT2D eigenvalue weighted by atomic mass is 32.1. The molecule has 1 fully saturated rings. The van der Waals surface area contributed by atoms with E-state index in [0.29, 0.717) is 6.54 Å². The van der Waals surface area contributed by atoms with E-state index in [1.807, 2.05) is 17.6 Å². The van der Waals surface area contributed by atoms with Crippen molar-refractivity contribution in [2.75, 3.05) is 18.0 Å². The summed E-state index contributed by atoms with van der Waals surface area (Å²) in [6.45, 7) is 6.41. The van der Waals surface area contributed by atoms with Crippen LogP contribution in [0, 0.1) is 0 Å². The molecule has 0 aromatic carbocycles. The van der Waals surface area contributed by atoms with E-state index < -0.39 is 0 Å². The van der Waals surface area contributed by atoms with Crippen molar-refractivity contribution in [2.24, 2.45) is 0 Å². The van der Waals surface area contributed by atoms with E-state index in [4.69, 9.17) is 4.74 Å². The maximum Gasteiger partial charge on any atom is 0.252 e. The van der Waals surface area contributed by atoms with Crippen LogP contribution < -0.4 is 10.2 Å². The fourth-order valence-corrected chi connectivity index (χ4v) is 5.16. The third-order valence-corrected chi connectivity index (χ3v) is 6.40. The van der Waals surface area contributed by atoms with Gasteiger partial charge in [-0.3, -0.25) is 4.79 Å². The minimum Gasteiger partial charge on any atom is -0.372 e. The van der Waals surface area contributed by atoms with Gasteiger partial charge in [0.1, 0.15) is 5.82 Å². The number of rotatable bonds is 4. The molecule has 1 aliphatic heterocycles. The zero-order valence-corrected chi connectivity index (χ0v) is 16.8. The summed E-state index contributed by atoms with van der Waals surface area (Å²) in [5.41, 5.74) is 3.16. The Morgan fingerprint density at radius 2 is 2.04 bits per heavy atom. The molecule has 1 amide bonds. The number of fused-ring (bicyclic) bond motifs is 1. The van der Waals surface area contributed by atoms with Crippen LogP contribution in [0.3, 0.4) is 0 Å². The van der Waals surface area contributed by atoms with E-state index in [-0.39, 0.29) is 18.1 Å². The molecule has 0 saturated carbocycles. The molecule has 2 aromatic rings. The third kappa shape index (κ3) is 4.17. The van der Waals surface area contributed by atoms with E-state index >= 15 is 0 Å². The number of amides is 1. The number of carbonyl (C=O) groups is 1. The molecule has 6 heteroatoms. The molecule has 2 atom stereocenters. The summed E-state index contributed by atoms with van der Waals surface area (Å²) < 4.78 is 5.79. The molecule has 0 bridgehead atoms. The van der Waals surface area contributed by atoms with Crippen molar-refractivity contribution in [2.45, 2.75) is 58.3 Å². The van der Waals surface area contributed by atoms with Crippen LogP contribution in [0.4, 0.5) is 5.82 Å². The van der Waals surface area contributed by atoms with Gasteiger partial charge >= 0.3 is 0 Å². The number of ether oxygens (including phenoxy) is 1. The molecule has 0 unspecified atom stereocenters. The van der Waals surface area contributed by atoms with E-state index in [1.54, 1.807) is 11.3 Å². The first-order valence-corrected chi connectivity index (χ1v) is 10.7. The lowest BCUT2D eigenvalue weighted by atomic mass is 9.95. The molecular formula is C21H27N3O2S. The first-order chi connectivity index (χ1) is 13.1. The molecule has 4 rings (SSSR count). The quantitative estimate of drug-likeness (QED) is 0.874. The second-order valence-corrected chi connectivity index (χ2v) is 8.59. The van der Waals surface area contributed by atoms with Crippen LogP contribution >= 0.6 is 11.3 Å². The van der Waals surface area contributed by atoms with Crippen molar-refractivity contribution < 1.29 is 9.53 Å². The number of hydrogen-bond acceptors (Lipinski definition) is 5. The number of nitrogens with one attached hydrogen (secondary N) is 1. The lowest BCUT2D eigenvalue weighted by Gasteiger charge is -2.36. The van der Waals surface area contributed by atoms with E-state index in [9.17, 15) is 4.79 Å². The highest BCUT2D eigenvalue weighted by Crippen LogP contribution is 2.30. The minimum atomic E-state index is 0.0364. The van der Waals surface area contributed by atoms with Crippen molar-refractivity contribution in [1.82, 2.24) is 10.3 Å². The molecule has 144 valence electrons. The SMILES string of the molecule is C[C@H]1CN(c2ccc(CNC(=O)c3csc4c3CCCC4)cn2)C[C@H](C)O1. The molecule has 2 aliphatic rings. The fourth-order valence-electron chi connectivity index (χ4n) is 4.04. The maximum absolute atomic E-state index is 12.6. The summed E-state index contributed by atoms with van der Waals surface area (Å²) in [4.78, 5) is 20.9. The van der Waals surface area contributed by atoms with Crippen molar-refractivity contribution in [3.63, 3.8) is 0 Å². The average Bonchev–Trinajstić information content (AvgIpc) is 3.10. The van der Waals surface area contributed by atoms with Crippen LogP contribution in [0.15, 0.2) is 23.7 Å². The van der Waals surface area contributed by atoms with Crippen LogP contribution in [0.2, 0.25) is 0 Å². The van der Waals surface area contributed by atoms with Gasteiger partial charge in [-0.2, -0.15) is 0 Å². The first kappa shape index (κ1) is 18.4. The van der Waals surface area contributed by atoms with Crippen molar-refractivity contribution >= 4 is 23.1 Å². The van der Waals surface area contributed by atoms with Crippen LogP contribution in [-0.4, -0.2) is 36.2 Å². The van der Waals surface area contributed by atoms with Crippen LogP contribution in [0.1, 0.15) is 53.1 Å². The van der Waals surface area contributed by atoms with Crippen molar-refractivity contribution in [1.29, 1.82) is 0 Å². The van der Waals surface area contributed by atoms with Crippen LogP contribution in [-0.2, 0) is 24.1 Å². The number of thiophene rings is 1. The number of carbonyl (C=O) groups excluding carboxylic acids is 1. The topological polar surface area (TPSA) is 54.5 Å². The number of nitrogens with zero attached hydrogens (tertiary/aromatic N) is 2. The van der Waals surface area contributed by atoms with E-state index in [0.717, 1.165) is 42.9 Å². The Morgan fingerprint density at radius 3 is 2.78 bits per heavy atom. The smallest absolute Gasteiger partial charge is 0.252 e. The molecule has 0 radical (unpaired) electrons. The Morgan fingerprint density at radius 1 is 1.26 bits per heavy atom. The van der Waals surface area contributed by atoms with Crippen LogP contribution in [0.5, 0.6) is 0 Å². The summed E-state index contributed by atoms with van der Waals surface area (Å²) in [5, 5.41) is 5.08. The summed E-state index contributed by atoms with van der Waals surface area (Å²) >= 11 is 1.73. The highest BCUT2D eigenvalue weighted by Gasteiger charge is 2.23. The molecule has 0 spiro atoms. The predicted octanol–water partition coefficient (Wildman–Crippen LogP) is 3.57. The second kappa shape index (κ2) is 7.98. The van der Waals surface area contributed by atoms with Gasteiger partial charge in [0.05, 0.1) is 17.8 Å². The summed E-state index contributed by atoms with van der Waals surface area (Å²) in [5.74, 6) is 1.01. The summed E-state index contributed by atoms with van der Waals surface area (Å²) in [7, 11) is 0. The van der Waals surface area contributed by atoms with Gasteiger partial charge in [-0.05, 0) is 56.7 Å². The van der Waals surface area contributed by atoms with Gasteiger partial charge in [0.25, 0.3) is 5.91 Å². The Bertz CT molecular complexity index is 792. The lowest BCUT2D eigenvalue weighted by molar-refractivity contribution is -0.00546. The molecule has 1 N–H and O–H groups in total. The van der Waals surface area contributed by atoms with Crippen LogP contribution in [0.25, 0.3) is 0 Å². The first-order valence-electron chi connectivity index (χ1n) is 9.83. The third-order valence-electron chi connectivity index (χ3n) is 5.31. The van der Waals surface area contributed by atoms with Crippen molar-refractivity contribution in [3.8, 4) is 0 Å². The summed E-state index contributed by atoms with van der Waals surface area (Å²) in [6.07, 6.45) is 6.88. The second-order valence-electron chi connectivity index (χ2n) is 7.63. The Labute approximate surface area is 164 Å². The molecule has 2 aromatic heterocycles. The largest absolute Gasteiger partial charge is 0.372 e. The Balaban J connectivity index is 1.36. The maximum atomic E-state index is 12.6. The average molecular weight is 386 g/mol. The number of aryl methyl sites for hydroxylation is 1. The Hall–Kier alpha value is -1.92. The fraction of sp³-hybridized carbons (Fsp3) is 0.524. The summed E-state index contributed by atoms with van der Waals surface area (Å²) in [6, 6.07) is 4.09. The zero-order valence-electron chi connectivity index (χ0n) is 16.0. The van der Waals surface area contributed by atoms with Gasteiger partial charge in [0.2, 0.25) is 0 Å². The number of morpholine rings is 1. The molecule has 5 nitrogen and oxygen atoms in total. The molecule has 27 heavy (non-hydrogen) atoms.